The Labute approximate surface area is 144 Å². The monoisotopic (exact) mass is 380 g/mol. The van der Waals surface area contributed by atoms with Crippen molar-refractivity contribution in [3.05, 3.63) is 41.0 Å². The average molecular weight is 380 g/mol. The van der Waals surface area contributed by atoms with Gasteiger partial charge in [0, 0.05) is 18.2 Å². The predicted molar refractivity (Wildman–Crippen MR) is 82.6 cm³/mol. The number of amides is 2. The van der Waals surface area contributed by atoms with Crippen LogP contribution in [-0.4, -0.2) is 30.3 Å². The lowest BCUT2D eigenvalue weighted by molar-refractivity contribution is -0.160. The van der Waals surface area contributed by atoms with Crippen LogP contribution in [-0.2, 0) is 9.59 Å². The molecular weight excluding hydrogens is 367 g/mol. The van der Waals surface area contributed by atoms with Gasteiger partial charge in [-0.25, -0.2) is 8.78 Å². The van der Waals surface area contributed by atoms with Crippen LogP contribution >= 0.6 is 11.9 Å². The lowest BCUT2D eigenvalue weighted by Gasteiger charge is -2.29. The second-order valence-corrected chi connectivity index (χ2v) is 5.80. The van der Waals surface area contributed by atoms with E-state index in [2.05, 4.69) is 4.72 Å². The zero-order valence-corrected chi connectivity index (χ0v) is 13.6. The van der Waals surface area contributed by atoms with Gasteiger partial charge in [-0.3, -0.25) is 14.3 Å². The van der Waals surface area contributed by atoms with Crippen LogP contribution in [0.15, 0.2) is 29.8 Å². The molecule has 2 amide bonds. The van der Waals surface area contributed by atoms with Crippen molar-refractivity contribution < 1.29 is 31.5 Å². The van der Waals surface area contributed by atoms with E-state index >= 15 is 0 Å². The number of carbonyl (C=O) groups is 2. The zero-order chi connectivity index (χ0) is 18.8. The molecule has 1 heterocycles. The number of hydrogen-bond acceptors (Lipinski definition) is 3. The first-order valence-corrected chi connectivity index (χ1v) is 8.20. The van der Waals surface area contributed by atoms with E-state index in [1.54, 1.807) is 5.32 Å². The van der Waals surface area contributed by atoms with Crippen LogP contribution in [0.4, 0.5) is 22.0 Å². The highest BCUT2D eigenvalue weighted by molar-refractivity contribution is 7.97. The highest BCUT2D eigenvalue weighted by Gasteiger charge is 2.45. The molecule has 0 aliphatic carbocycles. The summed E-state index contributed by atoms with van der Waals surface area (Å²) in [6, 6.07) is 2.29. The van der Waals surface area contributed by atoms with Crippen molar-refractivity contribution in [2.24, 2.45) is 0 Å². The largest absolute Gasteiger partial charge is 0.408 e. The third-order valence-electron chi connectivity index (χ3n) is 3.57. The van der Waals surface area contributed by atoms with E-state index in [-0.39, 0.29) is 16.7 Å². The van der Waals surface area contributed by atoms with Crippen molar-refractivity contribution in [2.45, 2.75) is 25.1 Å². The molecule has 4 nitrogen and oxygen atoms in total. The van der Waals surface area contributed by atoms with E-state index in [0.29, 0.717) is 0 Å². The smallest absolute Gasteiger partial charge is 0.340 e. The number of nitrogens with one attached hydrogen (secondary N) is 2. The van der Waals surface area contributed by atoms with Gasteiger partial charge in [-0.05, 0) is 11.1 Å². The fourth-order valence-electron chi connectivity index (χ4n) is 2.40. The molecule has 1 aliphatic heterocycles. The van der Waals surface area contributed by atoms with Gasteiger partial charge in [0.05, 0.1) is 0 Å². The van der Waals surface area contributed by atoms with Crippen LogP contribution in [0.1, 0.15) is 24.0 Å². The third kappa shape index (κ3) is 4.30. The number of alkyl halides is 5. The summed E-state index contributed by atoms with van der Waals surface area (Å²) in [5.41, 5.74) is -0.801. The molecule has 1 atom stereocenters. The Hall–Kier alpha value is -2.10. The number of carbonyl (C=O) groups excluding carboxylic acids is 2. The molecule has 0 fully saturated rings. The van der Waals surface area contributed by atoms with E-state index in [0.717, 1.165) is 24.1 Å². The van der Waals surface area contributed by atoms with Gasteiger partial charge in [0.25, 0.3) is 18.2 Å². The molecule has 10 heteroatoms. The molecule has 25 heavy (non-hydrogen) atoms. The molecule has 1 aromatic carbocycles. The first-order valence-electron chi connectivity index (χ1n) is 6.97. The Bertz CT molecular complexity index is 701. The van der Waals surface area contributed by atoms with Gasteiger partial charge in [-0.2, -0.15) is 13.2 Å². The number of rotatable bonds is 4. The lowest BCUT2D eigenvalue weighted by Crippen LogP contribution is -2.50. The maximum Gasteiger partial charge on any atom is 0.408 e. The van der Waals surface area contributed by atoms with Crippen molar-refractivity contribution in [1.29, 1.82) is 0 Å². The second-order valence-electron chi connectivity index (χ2n) is 5.18. The molecule has 0 saturated carbocycles. The molecule has 2 rings (SSSR count). The maximum atomic E-state index is 13.0. The molecule has 1 unspecified atom stereocenters. The van der Waals surface area contributed by atoms with Crippen molar-refractivity contribution in [3.63, 3.8) is 0 Å². The van der Waals surface area contributed by atoms with Crippen molar-refractivity contribution >= 4 is 29.3 Å². The van der Waals surface area contributed by atoms with E-state index < -0.39 is 42.5 Å². The molecule has 2 N–H and O–H groups in total. The van der Waals surface area contributed by atoms with Crippen molar-refractivity contribution in [3.8, 4) is 0 Å². The number of benzene rings is 1. The summed E-state index contributed by atoms with van der Waals surface area (Å²) >= 11 is 0.880. The Morgan fingerprint density at radius 3 is 2.36 bits per heavy atom. The fraction of sp³-hybridized carbons (Fsp3) is 0.333. The van der Waals surface area contributed by atoms with E-state index in [9.17, 15) is 31.5 Å². The van der Waals surface area contributed by atoms with Crippen LogP contribution < -0.4 is 10.0 Å². The minimum absolute atomic E-state index is 0.111. The van der Waals surface area contributed by atoms with Gasteiger partial charge in [-0.1, -0.05) is 36.2 Å². The number of halogens is 5. The predicted octanol–water partition coefficient (Wildman–Crippen LogP) is 3.22. The van der Waals surface area contributed by atoms with Gasteiger partial charge in [0.15, 0.2) is 0 Å². The topological polar surface area (TPSA) is 58.2 Å². The van der Waals surface area contributed by atoms with Crippen LogP contribution in [0, 0.1) is 0 Å². The van der Waals surface area contributed by atoms with Crippen LogP contribution in [0.5, 0.6) is 0 Å². The van der Waals surface area contributed by atoms with Crippen molar-refractivity contribution in [2.75, 3.05) is 6.26 Å². The summed E-state index contributed by atoms with van der Waals surface area (Å²) in [5, 5.41) is 1.76. The Balaban J connectivity index is 2.52. The van der Waals surface area contributed by atoms with E-state index in [1.165, 1.54) is 18.4 Å². The Morgan fingerprint density at radius 2 is 1.88 bits per heavy atom. The molecule has 0 radical (unpaired) electrons. The highest BCUT2D eigenvalue weighted by Crippen LogP contribution is 2.35. The summed E-state index contributed by atoms with van der Waals surface area (Å²) in [6.45, 7) is 0. The lowest BCUT2D eigenvalue weighted by atomic mass is 9.89. The summed E-state index contributed by atoms with van der Waals surface area (Å²) in [7, 11) is 0. The summed E-state index contributed by atoms with van der Waals surface area (Å²) in [6.07, 6.45) is -6.60. The number of hydrogen-bond donors (Lipinski definition) is 2. The van der Waals surface area contributed by atoms with E-state index in [1.807, 2.05) is 0 Å². The minimum Gasteiger partial charge on any atom is -0.340 e. The molecule has 1 aliphatic rings. The summed E-state index contributed by atoms with van der Waals surface area (Å²) < 4.78 is 66.6. The standard InChI is InChI=1S/C15H13F5N2O2S/c1-25-22-14(24)11-9(6-10(15(18,19)20)21-13(11)23)7-2-4-8(5-3-7)12(16)17/h2-5,10,12H,6H2,1H3,(H,21,23)(H,22,24). The molecule has 136 valence electrons. The third-order valence-corrected chi connectivity index (χ3v) is 3.96. The van der Waals surface area contributed by atoms with Crippen LogP contribution in [0.25, 0.3) is 5.57 Å². The van der Waals surface area contributed by atoms with Gasteiger partial charge < -0.3 is 5.32 Å². The van der Waals surface area contributed by atoms with Crippen LogP contribution in [0.2, 0.25) is 0 Å². The summed E-state index contributed by atoms with van der Waals surface area (Å²) in [4.78, 5) is 24.1. The normalized spacial score (nSPS) is 18.4. The molecular formula is C15H13F5N2O2S. The van der Waals surface area contributed by atoms with Gasteiger partial charge in [0.2, 0.25) is 0 Å². The first-order chi connectivity index (χ1) is 11.6. The van der Waals surface area contributed by atoms with Gasteiger partial charge in [0.1, 0.15) is 11.6 Å². The van der Waals surface area contributed by atoms with Gasteiger partial charge >= 0.3 is 6.18 Å². The quantitative estimate of drug-likeness (QED) is 0.479. The molecule has 0 saturated heterocycles. The minimum atomic E-state index is -4.70. The molecule has 1 aromatic rings. The Kier molecular flexibility index (Phi) is 5.71. The second kappa shape index (κ2) is 7.42. The Morgan fingerprint density at radius 1 is 1.28 bits per heavy atom. The SMILES string of the molecule is CSNC(=O)C1=C(c2ccc(C(F)F)cc2)CC(C(F)(F)F)NC1=O. The molecule has 0 spiro atoms. The van der Waals surface area contributed by atoms with Crippen molar-refractivity contribution in [1.82, 2.24) is 10.0 Å². The van der Waals surface area contributed by atoms with Gasteiger partial charge in [-0.15, -0.1) is 0 Å². The fourth-order valence-corrected chi connectivity index (χ4v) is 2.69. The summed E-state index contributed by atoms with van der Waals surface area (Å²) in [5.74, 6) is -2.01. The van der Waals surface area contributed by atoms with Crippen LogP contribution in [0.3, 0.4) is 0 Å². The average Bonchev–Trinajstić information content (AvgIpc) is 2.53. The van der Waals surface area contributed by atoms with E-state index in [4.69, 9.17) is 0 Å². The molecule has 0 bridgehead atoms. The zero-order valence-electron chi connectivity index (χ0n) is 12.8. The molecule has 0 aromatic heterocycles. The maximum absolute atomic E-state index is 13.0. The highest BCUT2D eigenvalue weighted by atomic mass is 32.2. The first kappa shape index (κ1) is 19.2.